The van der Waals surface area contributed by atoms with E-state index < -0.39 is 15.1 Å². The van der Waals surface area contributed by atoms with E-state index >= 15 is 0 Å². The van der Waals surface area contributed by atoms with Crippen molar-refractivity contribution in [3.05, 3.63) is 35.9 Å². The standard InChI is InChI=1S/C13H20O2S/c1-11(12-8-6-5-7-9-12)16(14,15)10-13(2,3)4/h5-9,11H,10H2,1-4H3/t11-/m1/s1. The van der Waals surface area contributed by atoms with Gasteiger partial charge in [-0.15, -0.1) is 0 Å². The maximum Gasteiger partial charge on any atom is 0.157 e. The van der Waals surface area contributed by atoms with Gasteiger partial charge in [0.15, 0.2) is 9.84 Å². The van der Waals surface area contributed by atoms with Gasteiger partial charge in [-0.05, 0) is 17.9 Å². The molecule has 16 heavy (non-hydrogen) atoms. The molecule has 0 aliphatic rings. The maximum atomic E-state index is 12.1. The van der Waals surface area contributed by atoms with Gasteiger partial charge in [0.05, 0.1) is 11.0 Å². The highest BCUT2D eigenvalue weighted by Gasteiger charge is 2.27. The number of hydrogen-bond donors (Lipinski definition) is 0. The number of hydrogen-bond acceptors (Lipinski definition) is 2. The minimum atomic E-state index is -3.07. The molecule has 0 aliphatic carbocycles. The van der Waals surface area contributed by atoms with Crippen molar-refractivity contribution < 1.29 is 8.42 Å². The Balaban J connectivity index is 2.94. The van der Waals surface area contributed by atoms with E-state index in [9.17, 15) is 8.42 Å². The highest BCUT2D eigenvalue weighted by molar-refractivity contribution is 7.91. The summed E-state index contributed by atoms with van der Waals surface area (Å²) in [7, 11) is -3.07. The molecule has 90 valence electrons. The number of benzene rings is 1. The molecule has 1 rings (SSSR count). The van der Waals surface area contributed by atoms with Crippen LogP contribution < -0.4 is 0 Å². The topological polar surface area (TPSA) is 34.1 Å². The Morgan fingerprint density at radius 2 is 1.62 bits per heavy atom. The molecule has 1 aromatic carbocycles. The molecule has 3 heteroatoms. The van der Waals surface area contributed by atoms with E-state index in [4.69, 9.17) is 0 Å². The average Bonchev–Trinajstić information content (AvgIpc) is 2.14. The molecule has 2 nitrogen and oxygen atoms in total. The summed E-state index contributed by atoms with van der Waals surface area (Å²) in [6.45, 7) is 7.60. The molecule has 0 saturated carbocycles. The Labute approximate surface area is 98.6 Å². The zero-order chi connectivity index (χ0) is 12.4. The Morgan fingerprint density at radius 3 is 2.06 bits per heavy atom. The van der Waals surface area contributed by atoms with Crippen molar-refractivity contribution in [3.63, 3.8) is 0 Å². The second-order valence-electron chi connectivity index (χ2n) is 5.42. The molecule has 1 aromatic rings. The van der Waals surface area contributed by atoms with Crippen LogP contribution in [-0.2, 0) is 9.84 Å². The van der Waals surface area contributed by atoms with Gasteiger partial charge < -0.3 is 0 Å². The van der Waals surface area contributed by atoms with Gasteiger partial charge in [0.2, 0.25) is 0 Å². The fourth-order valence-corrected chi connectivity index (χ4v) is 3.69. The van der Waals surface area contributed by atoms with Crippen molar-refractivity contribution in [3.8, 4) is 0 Å². The van der Waals surface area contributed by atoms with E-state index in [1.807, 2.05) is 51.1 Å². The fraction of sp³-hybridized carbons (Fsp3) is 0.538. The molecule has 0 radical (unpaired) electrons. The lowest BCUT2D eigenvalue weighted by Crippen LogP contribution is -2.24. The van der Waals surface area contributed by atoms with Crippen molar-refractivity contribution in [1.29, 1.82) is 0 Å². The van der Waals surface area contributed by atoms with E-state index in [0.717, 1.165) is 5.56 Å². The Bertz CT molecular complexity index is 427. The molecule has 0 amide bonds. The van der Waals surface area contributed by atoms with E-state index in [0.29, 0.717) is 0 Å². The molecule has 0 aliphatic heterocycles. The lowest BCUT2D eigenvalue weighted by atomic mass is 10.0. The van der Waals surface area contributed by atoms with Crippen LogP contribution in [0.25, 0.3) is 0 Å². The summed E-state index contributed by atoms with van der Waals surface area (Å²) in [5.41, 5.74) is 0.675. The van der Waals surface area contributed by atoms with Crippen molar-refractivity contribution in [2.45, 2.75) is 32.9 Å². The third-order valence-corrected chi connectivity index (χ3v) is 5.06. The van der Waals surface area contributed by atoms with Crippen LogP contribution in [0, 0.1) is 5.41 Å². The monoisotopic (exact) mass is 240 g/mol. The summed E-state index contributed by atoms with van der Waals surface area (Å²) in [6.07, 6.45) is 0. The highest BCUT2D eigenvalue weighted by atomic mass is 32.2. The fourth-order valence-electron chi connectivity index (χ4n) is 1.66. The highest BCUT2D eigenvalue weighted by Crippen LogP contribution is 2.27. The number of sulfone groups is 1. The quantitative estimate of drug-likeness (QED) is 0.813. The van der Waals surface area contributed by atoms with Gasteiger partial charge in [-0.25, -0.2) is 8.42 Å². The molecular weight excluding hydrogens is 220 g/mol. The Kier molecular flexibility index (Phi) is 3.79. The largest absolute Gasteiger partial charge is 0.228 e. The van der Waals surface area contributed by atoms with Crippen molar-refractivity contribution in [2.24, 2.45) is 5.41 Å². The third-order valence-electron chi connectivity index (χ3n) is 2.44. The van der Waals surface area contributed by atoms with Gasteiger partial charge in [0, 0.05) is 0 Å². The van der Waals surface area contributed by atoms with Crippen molar-refractivity contribution in [2.75, 3.05) is 5.75 Å². The third kappa shape index (κ3) is 3.63. The minimum absolute atomic E-state index is 0.193. The zero-order valence-corrected chi connectivity index (χ0v) is 11.2. The van der Waals surface area contributed by atoms with Crippen molar-refractivity contribution >= 4 is 9.84 Å². The summed E-state index contributed by atoms with van der Waals surface area (Å²) < 4.78 is 24.3. The number of rotatable bonds is 3. The Hall–Kier alpha value is -0.830. The second-order valence-corrected chi connectivity index (χ2v) is 7.74. The molecular formula is C13H20O2S. The summed E-state index contributed by atoms with van der Waals surface area (Å²) in [6, 6.07) is 9.37. The van der Waals surface area contributed by atoms with Crippen LogP contribution in [0.4, 0.5) is 0 Å². The molecule has 0 fully saturated rings. The first-order chi connectivity index (χ1) is 7.22. The first-order valence-corrected chi connectivity index (χ1v) is 7.20. The first-order valence-electron chi connectivity index (χ1n) is 5.49. The van der Waals surface area contributed by atoms with Crippen LogP contribution in [-0.4, -0.2) is 14.2 Å². The lowest BCUT2D eigenvalue weighted by molar-refractivity contribution is 0.459. The van der Waals surface area contributed by atoms with Gasteiger partial charge in [-0.2, -0.15) is 0 Å². The van der Waals surface area contributed by atoms with Crippen LogP contribution in [0.5, 0.6) is 0 Å². The normalized spacial score (nSPS) is 14.8. The maximum absolute atomic E-state index is 12.1. The van der Waals surface area contributed by atoms with Crippen LogP contribution >= 0.6 is 0 Å². The molecule has 0 unspecified atom stereocenters. The van der Waals surface area contributed by atoms with E-state index in [-0.39, 0.29) is 11.2 Å². The van der Waals surface area contributed by atoms with Gasteiger partial charge >= 0.3 is 0 Å². The second kappa shape index (κ2) is 4.58. The van der Waals surface area contributed by atoms with Crippen LogP contribution in [0.1, 0.15) is 38.5 Å². The van der Waals surface area contributed by atoms with Crippen LogP contribution in [0.15, 0.2) is 30.3 Å². The van der Waals surface area contributed by atoms with E-state index in [1.165, 1.54) is 0 Å². The van der Waals surface area contributed by atoms with Crippen LogP contribution in [0.2, 0.25) is 0 Å². The van der Waals surface area contributed by atoms with E-state index in [2.05, 4.69) is 0 Å². The lowest BCUT2D eigenvalue weighted by Gasteiger charge is -2.21. The molecule has 0 spiro atoms. The SMILES string of the molecule is C[C@H](c1ccccc1)S(=O)(=O)CC(C)(C)C. The summed E-state index contributed by atoms with van der Waals surface area (Å²) in [5.74, 6) is 0.218. The van der Waals surface area contributed by atoms with Gasteiger partial charge in [-0.3, -0.25) is 0 Å². The van der Waals surface area contributed by atoms with Gasteiger partial charge in [-0.1, -0.05) is 51.1 Å². The average molecular weight is 240 g/mol. The molecule has 0 aromatic heterocycles. The summed E-state index contributed by atoms with van der Waals surface area (Å²) in [4.78, 5) is 0. The Morgan fingerprint density at radius 1 is 1.12 bits per heavy atom. The van der Waals surface area contributed by atoms with Gasteiger partial charge in [0.1, 0.15) is 0 Å². The van der Waals surface area contributed by atoms with Crippen LogP contribution in [0.3, 0.4) is 0 Å². The molecule has 0 heterocycles. The predicted molar refractivity (Wildman–Crippen MR) is 68.1 cm³/mol. The smallest absolute Gasteiger partial charge is 0.157 e. The van der Waals surface area contributed by atoms with Crippen molar-refractivity contribution in [1.82, 2.24) is 0 Å². The zero-order valence-electron chi connectivity index (χ0n) is 10.4. The molecule has 0 bridgehead atoms. The van der Waals surface area contributed by atoms with E-state index in [1.54, 1.807) is 6.92 Å². The predicted octanol–water partition coefficient (Wildman–Crippen LogP) is 3.21. The molecule has 0 saturated heterocycles. The molecule has 1 atom stereocenters. The first kappa shape index (κ1) is 13.2. The molecule has 0 N–H and O–H groups in total. The summed E-state index contributed by atoms with van der Waals surface area (Å²) in [5, 5.41) is -0.423. The summed E-state index contributed by atoms with van der Waals surface area (Å²) >= 11 is 0. The minimum Gasteiger partial charge on any atom is -0.228 e. The van der Waals surface area contributed by atoms with Gasteiger partial charge in [0.25, 0.3) is 0 Å².